The van der Waals surface area contributed by atoms with E-state index in [2.05, 4.69) is 15.8 Å². The number of ether oxygens (including phenoxy) is 1. The van der Waals surface area contributed by atoms with Crippen LogP contribution in [0.15, 0.2) is 59.7 Å². The van der Waals surface area contributed by atoms with Crippen molar-refractivity contribution in [1.82, 2.24) is 10.7 Å². The molecule has 0 unspecified atom stereocenters. The Hall–Kier alpha value is -2.45. The summed E-state index contributed by atoms with van der Waals surface area (Å²) < 4.78 is 28.7. The molecule has 1 atom stereocenters. The van der Waals surface area contributed by atoms with Gasteiger partial charge in [0.2, 0.25) is 0 Å². The molecule has 3 rings (SSSR count). The number of benzene rings is 2. The first-order valence-corrected chi connectivity index (χ1v) is 10.4. The summed E-state index contributed by atoms with van der Waals surface area (Å²) in [7, 11) is -2.94. The Kier molecular flexibility index (Phi) is 5.85. The number of hydrazone groups is 1. The van der Waals surface area contributed by atoms with Crippen molar-refractivity contribution in [1.29, 1.82) is 0 Å². The van der Waals surface area contributed by atoms with Crippen molar-refractivity contribution in [2.75, 3.05) is 11.5 Å². The standard InChI is InChI=1S/C18H19N3O3S2/c22-26(23)10-9-15(13-26)20-18(25)21-19-12-14-5-4-8-17(11-14)24-16-6-2-1-3-7-16/h1-8,11-12,15H,9-10,13H2,(H2,20,21,25)/b19-12-/t15-/m1/s1. The number of thiocarbonyl (C=S) groups is 1. The van der Waals surface area contributed by atoms with Crippen LogP contribution in [0.1, 0.15) is 12.0 Å². The van der Waals surface area contributed by atoms with E-state index in [1.807, 2.05) is 54.6 Å². The number of hydrogen-bond donors (Lipinski definition) is 2. The Balaban J connectivity index is 1.52. The smallest absolute Gasteiger partial charge is 0.187 e. The van der Waals surface area contributed by atoms with Gasteiger partial charge in [-0.1, -0.05) is 30.3 Å². The first-order chi connectivity index (χ1) is 12.5. The predicted octanol–water partition coefficient (Wildman–Crippen LogP) is 2.46. The average molecular weight is 390 g/mol. The van der Waals surface area contributed by atoms with Crippen molar-refractivity contribution in [3.63, 3.8) is 0 Å². The van der Waals surface area contributed by atoms with Crippen LogP contribution in [0.5, 0.6) is 11.5 Å². The number of sulfone groups is 1. The van der Waals surface area contributed by atoms with E-state index in [0.29, 0.717) is 17.3 Å². The van der Waals surface area contributed by atoms with Gasteiger partial charge in [0.1, 0.15) is 11.5 Å². The lowest BCUT2D eigenvalue weighted by molar-refractivity contribution is 0.482. The van der Waals surface area contributed by atoms with Gasteiger partial charge in [0.25, 0.3) is 0 Å². The van der Waals surface area contributed by atoms with Crippen LogP contribution in [0.25, 0.3) is 0 Å². The van der Waals surface area contributed by atoms with Gasteiger partial charge in [-0.15, -0.1) is 0 Å². The summed E-state index contributed by atoms with van der Waals surface area (Å²) in [5.41, 5.74) is 3.55. The molecule has 8 heteroatoms. The first kappa shape index (κ1) is 18.3. The molecule has 1 aliphatic rings. The van der Waals surface area contributed by atoms with E-state index in [1.54, 1.807) is 6.21 Å². The number of nitrogens with one attached hydrogen (secondary N) is 2. The molecule has 0 bridgehead atoms. The van der Waals surface area contributed by atoms with Crippen LogP contribution in [0.4, 0.5) is 0 Å². The topological polar surface area (TPSA) is 79.8 Å². The number of rotatable bonds is 5. The third kappa shape index (κ3) is 5.53. The lowest BCUT2D eigenvalue weighted by Crippen LogP contribution is -2.40. The van der Waals surface area contributed by atoms with E-state index in [1.165, 1.54) is 0 Å². The molecule has 0 aromatic heterocycles. The number of nitrogens with zero attached hydrogens (tertiary/aromatic N) is 1. The molecule has 6 nitrogen and oxygen atoms in total. The fourth-order valence-electron chi connectivity index (χ4n) is 2.57. The molecule has 0 radical (unpaired) electrons. The third-order valence-corrected chi connectivity index (χ3v) is 5.76. The van der Waals surface area contributed by atoms with E-state index < -0.39 is 9.84 Å². The molecule has 0 spiro atoms. The molecule has 1 aliphatic heterocycles. The molecular formula is C18H19N3O3S2. The second kappa shape index (κ2) is 8.29. The largest absolute Gasteiger partial charge is 0.457 e. The van der Waals surface area contributed by atoms with E-state index in [-0.39, 0.29) is 17.5 Å². The van der Waals surface area contributed by atoms with Crippen molar-refractivity contribution >= 4 is 33.4 Å². The van der Waals surface area contributed by atoms with Crippen molar-refractivity contribution < 1.29 is 13.2 Å². The fraction of sp³-hybridized carbons (Fsp3) is 0.222. The maximum Gasteiger partial charge on any atom is 0.187 e. The molecular weight excluding hydrogens is 370 g/mol. The highest BCUT2D eigenvalue weighted by Gasteiger charge is 2.28. The lowest BCUT2D eigenvalue weighted by atomic mass is 10.2. The molecule has 2 N–H and O–H groups in total. The molecule has 1 saturated heterocycles. The Bertz CT molecular complexity index is 899. The van der Waals surface area contributed by atoms with Crippen LogP contribution >= 0.6 is 12.2 Å². The van der Waals surface area contributed by atoms with Crippen LogP contribution in [-0.2, 0) is 9.84 Å². The normalized spacial score (nSPS) is 18.5. The molecule has 1 fully saturated rings. The second-order valence-corrected chi connectivity index (χ2v) is 8.57. The summed E-state index contributed by atoms with van der Waals surface area (Å²) in [6.45, 7) is 0. The van der Waals surface area contributed by atoms with Crippen molar-refractivity contribution in [2.24, 2.45) is 5.10 Å². The maximum absolute atomic E-state index is 11.4. The van der Waals surface area contributed by atoms with Gasteiger partial charge in [-0.2, -0.15) is 5.10 Å². The quantitative estimate of drug-likeness (QED) is 0.465. The summed E-state index contributed by atoms with van der Waals surface area (Å²) in [5.74, 6) is 1.77. The molecule has 0 amide bonds. The molecule has 136 valence electrons. The zero-order valence-corrected chi connectivity index (χ0v) is 15.6. The molecule has 26 heavy (non-hydrogen) atoms. The molecule has 2 aromatic carbocycles. The predicted molar refractivity (Wildman–Crippen MR) is 106 cm³/mol. The minimum atomic E-state index is -2.94. The Morgan fingerprint density at radius 2 is 1.92 bits per heavy atom. The van der Waals surface area contributed by atoms with Crippen molar-refractivity contribution in [3.8, 4) is 11.5 Å². The minimum Gasteiger partial charge on any atom is -0.457 e. The van der Waals surface area contributed by atoms with Gasteiger partial charge >= 0.3 is 0 Å². The number of hydrogen-bond acceptors (Lipinski definition) is 5. The second-order valence-electron chi connectivity index (χ2n) is 5.93. The zero-order chi connectivity index (χ0) is 18.4. The van der Waals surface area contributed by atoms with Crippen LogP contribution in [0, 0.1) is 0 Å². The van der Waals surface area contributed by atoms with Crippen molar-refractivity contribution in [2.45, 2.75) is 12.5 Å². The van der Waals surface area contributed by atoms with Gasteiger partial charge in [-0.25, -0.2) is 8.42 Å². The summed E-state index contributed by atoms with van der Waals surface area (Å²) >= 11 is 5.14. The van der Waals surface area contributed by atoms with E-state index in [0.717, 1.165) is 11.3 Å². The number of para-hydroxylation sites is 1. The Morgan fingerprint density at radius 1 is 1.15 bits per heavy atom. The zero-order valence-electron chi connectivity index (χ0n) is 14.0. The minimum absolute atomic E-state index is 0.109. The van der Waals surface area contributed by atoms with Crippen LogP contribution in [0.3, 0.4) is 0 Å². The fourth-order valence-corrected chi connectivity index (χ4v) is 4.47. The highest BCUT2D eigenvalue weighted by molar-refractivity contribution is 7.91. The molecule has 1 heterocycles. The Labute approximate surface area is 158 Å². The summed E-state index contributed by atoms with van der Waals surface area (Å²) in [5, 5.41) is 7.36. The summed E-state index contributed by atoms with van der Waals surface area (Å²) in [6, 6.07) is 16.9. The maximum atomic E-state index is 11.4. The third-order valence-electron chi connectivity index (χ3n) is 3.78. The molecule has 0 saturated carbocycles. The monoisotopic (exact) mass is 389 g/mol. The van der Waals surface area contributed by atoms with Crippen LogP contribution in [0.2, 0.25) is 0 Å². The van der Waals surface area contributed by atoms with Gasteiger partial charge in [0.15, 0.2) is 14.9 Å². The van der Waals surface area contributed by atoms with Crippen molar-refractivity contribution in [3.05, 3.63) is 60.2 Å². The van der Waals surface area contributed by atoms with Gasteiger partial charge in [0, 0.05) is 6.04 Å². The molecule has 2 aromatic rings. The highest BCUT2D eigenvalue weighted by atomic mass is 32.2. The van der Waals surface area contributed by atoms with E-state index in [9.17, 15) is 8.42 Å². The van der Waals surface area contributed by atoms with Gasteiger partial charge in [-0.3, -0.25) is 5.43 Å². The summed E-state index contributed by atoms with van der Waals surface area (Å²) in [6.07, 6.45) is 2.18. The SMILES string of the molecule is O=S1(=O)CC[C@@H](NC(=S)N/N=C\c2cccc(Oc3ccccc3)c2)C1. The van der Waals surface area contributed by atoms with Gasteiger partial charge < -0.3 is 10.1 Å². The summed E-state index contributed by atoms with van der Waals surface area (Å²) in [4.78, 5) is 0. The average Bonchev–Trinajstić information content (AvgIpc) is 2.94. The highest BCUT2D eigenvalue weighted by Crippen LogP contribution is 2.21. The van der Waals surface area contributed by atoms with E-state index >= 15 is 0 Å². The Morgan fingerprint density at radius 3 is 2.65 bits per heavy atom. The van der Waals surface area contributed by atoms with Gasteiger partial charge in [0.05, 0.1) is 17.7 Å². The lowest BCUT2D eigenvalue weighted by Gasteiger charge is -2.12. The van der Waals surface area contributed by atoms with Gasteiger partial charge in [-0.05, 0) is 48.5 Å². The van der Waals surface area contributed by atoms with E-state index in [4.69, 9.17) is 17.0 Å². The van der Waals surface area contributed by atoms with Crippen LogP contribution in [-0.4, -0.2) is 37.3 Å². The first-order valence-electron chi connectivity index (χ1n) is 8.13. The molecule has 0 aliphatic carbocycles. The van der Waals surface area contributed by atoms with Crippen LogP contribution < -0.4 is 15.5 Å².